The van der Waals surface area contributed by atoms with E-state index in [1.54, 1.807) is 36.0 Å². The Morgan fingerprint density at radius 2 is 1.62 bits per heavy atom. The molecule has 9 heteroatoms. The van der Waals surface area contributed by atoms with E-state index in [-0.39, 0.29) is 11.4 Å². The Bertz CT molecular complexity index is 1290. The first-order chi connectivity index (χ1) is 15.4. The maximum absolute atomic E-state index is 12.7. The first kappa shape index (κ1) is 22.7. The van der Waals surface area contributed by atoms with Crippen molar-refractivity contribution in [3.63, 3.8) is 0 Å². The van der Waals surface area contributed by atoms with Gasteiger partial charge in [-0.25, -0.2) is 13.1 Å². The number of rotatable bonds is 8. The van der Waals surface area contributed by atoms with Crippen LogP contribution in [0.15, 0.2) is 93.4 Å². The van der Waals surface area contributed by atoms with E-state index >= 15 is 0 Å². The summed E-state index contributed by atoms with van der Waals surface area (Å²) < 4.78 is 30.8. The molecule has 0 radical (unpaired) electrons. The van der Waals surface area contributed by atoms with Gasteiger partial charge in [0.25, 0.3) is 0 Å². The molecule has 0 amide bonds. The standard InChI is InChI=1S/C23H21BrN4O2S2/c1-17-7-11-20(12-8-17)28-22(15-25-32(29,30)21-13-9-19(24)10-14-21)26-27-23(28)31-16-18-5-3-2-4-6-18/h2-14,25H,15-16H2,1H3. The molecule has 0 unspecified atom stereocenters. The van der Waals surface area contributed by atoms with E-state index in [1.807, 2.05) is 54.0 Å². The zero-order valence-corrected chi connectivity index (χ0v) is 20.5. The Morgan fingerprint density at radius 3 is 2.31 bits per heavy atom. The molecule has 164 valence electrons. The number of nitrogens with zero attached hydrogens (tertiary/aromatic N) is 3. The lowest BCUT2D eigenvalue weighted by atomic mass is 10.2. The number of hydrogen-bond acceptors (Lipinski definition) is 5. The SMILES string of the molecule is Cc1ccc(-n2c(CNS(=O)(=O)c3ccc(Br)cc3)nnc2SCc2ccccc2)cc1. The normalized spacial score (nSPS) is 11.6. The summed E-state index contributed by atoms with van der Waals surface area (Å²) in [7, 11) is -3.69. The number of aromatic nitrogens is 3. The highest BCUT2D eigenvalue weighted by Gasteiger charge is 2.19. The van der Waals surface area contributed by atoms with E-state index in [0.29, 0.717) is 11.0 Å². The van der Waals surface area contributed by atoms with Crippen LogP contribution in [-0.2, 0) is 22.3 Å². The zero-order chi connectivity index (χ0) is 22.6. The van der Waals surface area contributed by atoms with Crippen molar-refractivity contribution in [2.75, 3.05) is 0 Å². The molecule has 0 fully saturated rings. The van der Waals surface area contributed by atoms with Crippen LogP contribution in [0.25, 0.3) is 5.69 Å². The number of sulfonamides is 1. The molecule has 0 atom stereocenters. The summed E-state index contributed by atoms with van der Waals surface area (Å²) in [5.41, 5.74) is 3.19. The molecular formula is C23H21BrN4O2S2. The second-order valence-corrected chi connectivity index (χ2v) is 10.7. The molecule has 0 aliphatic rings. The third kappa shape index (κ3) is 5.47. The number of thioether (sulfide) groups is 1. The lowest BCUT2D eigenvalue weighted by molar-refractivity contribution is 0.578. The summed E-state index contributed by atoms with van der Waals surface area (Å²) in [6.07, 6.45) is 0. The van der Waals surface area contributed by atoms with Gasteiger partial charge in [-0.3, -0.25) is 4.57 Å². The highest BCUT2D eigenvalue weighted by Crippen LogP contribution is 2.26. The highest BCUT2D eigenvalue weighted by atomic mass is 79.9. The number of aryl methyl sites for hydroxylation is 1. The van der Waals surface area contributed by atoms with E-state index in [2.05, 4.69) is 43.0 Å². The Kier molecular flexibility index (Phi) is 7.10. The smallest absolute Gasteiger partial charge is 0.240 e. The molecule has 6 nitrogen and oxygen atoms in total. The Labute approximate surface area is 200 Å². The van der Waals surface area contributed by atoms with Crippen LogP contribution < -0.4 is 4.72 Å². The molecule has 1 N–H and O–H groups in total. The third-order valence-electron chi connectivity index (χ3n) is 4.75. The van der Waals surface area contributed by atoms with Crippen molar-refractivity contribution >= 4 is 37.7 Å². The maximum Gasteiger partial charge on any atom is 0.240 e. The predicted octanol–water partition coefficient (Wildman–Crippen LogP) is 5.11. The molecule has 1 heterocycles. The molecule has 0 saturated carbocycles. The van der Waals surface area contributed by atoms with Gasteiger partial charge in [0, 0.05) is 15.9 Å². The number of hydrogen-bond donors (Lipinski definition) is 1. The average Bonchev–Trinajstić information content (AvgIpc) is 3.21. The number of nitrogens with one attached hydrogen (secondary N) is 1. The van der Waals surface area contributed by atoms with Crippen molar-refractivity contribution in [1.29, 1.82) is 0 Å². The van der Waals surface area contributed by atoms with Crippen LogP contribution in [-0.4, -0.2) is 23.2 Å². The molecule has 0 saturated heterocycles. The van der Waals surface area contributed by atoms with Crippen LogP contribution in [0.4, 0.5) is 0 Å². The van der Waals surface area contributed by atoms with E-state index in [4.69, 9.17) is 0 Å². The Hall–Kier alpha value is -2.46. The highest BCUT2D eigenvalue weighted by molar-refractivity contribution is 9.10. The Balaban J connectivity index is 1.60. The van der Waals surface area contributed by atoms with Gasteiger partial charge in [-0.1, -0.05) is 75.7 Å². The second-order valence-electron chi connectivity index (χ2n) is 7.12. The van der Waals surface area contributed by atoms with Crippen molar-refractivity contribution in [3.8, 4) is 5.69 Å². The van der Waals surface area contributed by atoms with Crippen molar-refractivity contribution < 1.29 is 8.42 Å². The second kappa shape index (κ2) is 9.99. The zero-order valence-electron chi connectivity index (χ0n) is 17.3. The molecule has 3 aromatic carbocycles. The van der Waals surface area contributed by atoms with Crippen LogP contribution in [0, 0.1) is 6.92 Å². The van der Waals surface area contributed by atoms with Gasteiger partial charge in [0.15, 0.2) is 11.0 Å². The minimum Gasteiger partial charge on any atom is -0.273 e. The van der Waals surface area contributed by atoms with Gasteiger partial charge >= 0.3 is 0 Å². The minimum absolute atomic E-state index is 0.0190. The van der Waals surface area contributed by atoms with Gasteiger partial charge in [-0.2, -0.15) is 0 Å². The first-order valence-electron chi connectivity index (χ1n) is 9.86. The molecular weight excluding hydrogens is 508 g/mol. The van der Waals surface area contributed by atoms with E-state index < -0.39 is 10.0 Å². The van der Waals surface area contributed by atoms with Crippen LogP contribution >= 0.6 is 27.7 Å². The molecule has 32 heavy (non-hydrogen) atoms. The minimum atomic E-state index is -3.69. The van der Waals surface area contributed by atoms with Crippen LogP contribution in [0.1, 0.15) is 17.0 Å². The largest absolute Gasteiger partial charge is 0.273 e. The molecule has 4 aromatic rings. The van der Waals surface area contributed by atoms with Crippen LogP contribution in [0.2, 0.25) is 0 Å². The molecule has 0 bridgehead atoms. The lowest BCUT2D eigenvalue weighted by Gasteiger charge is -2.12. The molecule has 0 spiro atoms. The summed E-state index contributed by atoms with van der Waals surface area (Å²) >= 11 is 4.88. The molecule has 1 aromatic heterocycles. The fourth-order valence-corrected chi connectivity index (χ4v) is 5.21. The lowest BCUT2D eigenvalue weighted by Crippen LogP contribution is -2.25. The van der Waals surface area contributed by atoms with Crippen molar-refractivity contribution in [1.82, 2.24) is 19.5 Å². The summed E-state index contributed by atoms with van der Waals surface area (Å²) in [5, 5.41) is 9.35. The summed E-state index contributed by atoms with van der Waals surface area (Å²) in [5.74, 6) is 1.25. The summed E-state index contributed by atoms with van der Waals surface area (Å²) in [4.78, 5) is 0.195. The molecule has 0 aliphatic carbocycles. The predicted molar refractivity (Wildman–Crippen MR) is 130 cm³/mol. The quantitative estimate of drug-likeness (QED) is 0.321. The van der Waals surface area contributed by atoms with E-state index in [0.717, 1.165) is 21.5 Å². The number of benzene rings is 3. The van der Waals surface area contributed by atoms with Crippen molar-refractivity contribution in [2.24, 2.45) is 0 Å². The van der Waals surface area contributed by atoms with E-state index in [9.17, 15) is 8.42 Å². The van der Waals surface area contributed by atoms with Crippen LogP contribution in [0.5, 0.6) is 0 Å². The fraction of sp³-hybridized carbons (Fsp3) is 0.130. The maximum atomic E-state index is 12.7. The van der Waals surface area contributed by atoms with Gasteiger partial charge < -0.3 is 0 Å². The third-order valence-corrected chi connectivity index (χ3v) is 7.69. The summed E-state index contributed by atoms with van der Waals surface area (Å²) in [6, 6.07) is 24.6. The topological polar surface area (TPSA) is 76.9 Å². The van der Waals surface area contributed by atoms with Gasteiger partial charge in [-0.15, -0.1) is 10.2 Å². The molecule has 4 rings (SSSR count). The van der Waals surface area contributed by atoms with Gasteiger partial charge in [-0.05, 0) is 48.9 Å². The number of halogens is 1. The fourth-order valence-electron chi connectivity index (χ4n) is 3.04. The average molecular weight is 529 g/mol. The monoisotopic (exact) mass is 528 g/mol. The first-order valence-corrected chi connectivity index (χ1v) is 13.1. The van der Waals surface area contributed by atoms with Gasteiger partial charge in [0.2, 0.25) is 10.0 Å². The van der Waals surface area contributed by atoms with Crippen LogP contribution in [0.3, 0.4) is 0 Å². The van der Waals surface area contributed by atoms with Crippen molar-refractivity contribution in [2.45, 2.75) is 29.3 Å². The summed E-state index contributed by atoms with van der Waals surface area (Å²) in [6.45, 7) is 2.04. The van der Waals surface area contributed by atoms with Crippen molar-refractivity contribution in [3.05, 3.63) is 100 Å². The molecule has 0 aliphatic heterocycles. The van der Waals surface area contributed by atoms with Gasteiger partial charge in [0.05, 0.1) is 11.4 Å². The van der Waals surface area contributed by atoms with E-state index in [1.165, 1.54) is 5.56 Å². The Morgan fingerprint density at radius 1 is 0.938 bits per heavy atom. The van der Waals surface area contributed by atoms with Gasteiger partial charge in [0.1, 0.15) is 0 Å².